The summed E-state index contributed by atoms with van der Waals surface area (Å²) < 4.78 is 40.8. The van der Waals surface area contributed by atoms with Crippen LogP contribution in [0.25, 0.3) is 0 Å². The van der Waals surface area contributed by atoms with E-state index in [2.05, 4.69) is 30.4 Å². The van der Waals surface area contributed by atoms with Crippen LogP contribution in [0.1, 0.15) is 25.1 Å². The molecule has 1 aliphatic heterocycles. The van der Waals surface area contributed by atoms with Crippen molar-refractivity contribution in [3.63, 3.8) is 0 Å². The van der Waals surface area contributed by atoms with Gasteiger partial charge in [0.25, 0.3) is 17.9 Å². The Balaban J connectivity index is 1.71. The molecule has 0 radical (unpaired) electrons. The maximum Gasteiger partial charge on any atom is 0.418 e. The van der Waals surface area contributed by atoms with Gasteiger partial charge in [-0.25, -0.2) is 9.78 Å². The van der Waals surface area contributed by atoms with Crippen LogP contribution < -0.4 is 26.4 Å². The van der Waals surface area contributed by atoms with Crippen molar-refractivity contribution < 1.29 is 46.3 Å². The summed E-state index contributed by atoms with van der Waals surface area (Å²) in [4.78, 5) is 46.5. The van der Waals surface area contributed by atoms with E-state index in [0.717, 1.165) is 11.3 Å². The Labute approximate surface area is 249 Å². The predicted octanol–water partition coefficient (Wildman–Crippen LogP) is -1.05. The molecule has 3 rings (SSSR count). The first kappa shape index (κ1) is 33.1. The Morgan fingerprint density at radius 3 is 2.49 bits per heavy atom. The van der Waals surface area contributed by atoms with Crippen molar-refractivity contribution in [2.75, 3.05) is 32.5 Å². The molecule has 1 aliphatic rings. The maximum atomic E-state index is 13.1. The number of amides is 2. The summed E-state index contributed by atoms with van der Waals surface area (Å²) in [7, 11) is -3.22. The van der Waals surface area contributed by atoms with Crippen LogP contribution in [0.3, 0.4) is 0 Å². The van der Waals surface area contributed by atoms with Crippen LogP contribution in [0.5, 0.6) is 5.75 Å². The van der Waals surface area contributed by atoms with Gasteiger partial charge in [-0.15, -0.1) is 15.6 Å². The molecular formula is C23H30N8O10S2. The summed E-state index contributed by atoms with van der Waals surface area (Å²) >= 11 is 0.949. The topological polar surface area (TPSA) is 268 Å². The van der Waals surface area contributed by atoms with E-state index in [-0.39, 0.29) is 22.4 Å². The molecule has 0 bridgehead atoms. The van der Waals surface area contributed by atoms with Gasteiger partial charge in [0.1, 0.15) is 29.9 Å². The largest absolute Gasteiger partial charge is 0.489 e. The number of benzene rings is 1. The summed E-state index contributed by atoms with van der Waals surface area (Å²) in [5.41, 5.74) is 4.18. The minimum Gasteiger partial charge on any atom is -0.489 e. The van der Waals surface area contributed by atoms with Crippen LogP contribution in [0.2, 0.25) is 0 Å². The first-order chi connectivity index (χ1) is 20.1. The molecule has 8 N–H and O–H groups in total. The highest BCUT2D eigenvalue weighted by Gasteiger charge is 2.58. The number of β-lactam (4-membered cyclic amide) rings is 1. The molecule has 0 spiro atoms. The Morgan fingerprint density at radius 1 is 1.28 bits per heavy atom. The van der Waals surface area contributed by atoms with Gasteiger partial charge in [-0.3, -0.25) is 19.6 Å². The van der Waals surface area contributed by atoms with Crippen LogP contribution >= 0.6 is 11.3 Å². The summed E-state index contributed by atoms with van der Waals surface area (Å²) in [6.07, 6.45) is -1.69. The highest BCUT2D eigenvalue weighted by Crippen LogP contribution is 2.33. The summed E-state index contributed by atoms with van der Waals surface area (Å²) in [6.45, 7) is 3.40. The molecule has 18 nitrogen and oxygen atoms in total. The molecule has 1 saturated heterocycles. The van der Waals surface area contributed by atoms with Crippen LogP contribution in [0, 0.1) is 5.41 Å². The third kappa shape index (κ3) is 8.58. The van der Waals surface area contributed by atoms with E-state index in [1.54, 1.807) is 19.2 Å². The first-order valence-corrected chi connectivity index (χ1v) is 14.6. The van der Waals surface area contributed by atoms with Gasteiger partial charge in [-0.05, 0) is 45.2 Å². The predicted molar refractivity (Wildman–Crippen MR) is 152 cm³/mol. The van der Waals surface area contributed by atoms with Crippen molar-refractivity contribution in [3.8, 4) is 5.75 Å². The average Bonchev–Trinajstić information content (AvgIpc) is 3.37. The second-order valence-corrected chi connectivity index (χ2v) is 11.3. The van der Waals surface area contributed by atoms with Crippen molar-refractivity contribution in [3.05, 3.63) is 40.9 Å². The fraction of sp³-hybridized carbons (Fsp3) is 0.391. The molecule has 0 saturated carbocycles. The molecule has 0 unspecified atom stereocenters. The lowest BCUT2D eigenvalue weighted by atomic mass is 9.84. The van der Waals surface area contributed by atoms with Crippen molar-refractivity contribution in [2.24, 2.45) is 5.16 Å². The number of hydroxylamine groups is 2. The standard InChI is InChI=1S/C23H30N8O10S2/c1-23(2)17(20(33)31(23)41-43(36,37)38)29-19(32)16(14-11-42-22(25)28-14)30-40-15(21(34)35)10-39-13-6-4-12(5-7-13)18(24)27-9-8-26-3/h4-7,11,15,17,26H,8-10H2,1-3H3,(H2,24,27)(H2,25,28)(H,29,32)(H,34,35)(H,36,37,38)/t15-,17+/m0/s1. The van der Waals surface area contributed by atoms with E-state index in [1.807, 2.05) is 0 Å². The molecule has 234 valence electrons. The molecule has 0 aliphatic carbocycles. The van der Waals surface area contributed by atoms with Crippen molar-refractivity contribution in [1.82, 2.24) is 26.0 Å². The molecule has 2 amide bonds. The average molecular weight is 643 g/mol. The third-order valence-electron chi connectivity index (χ3n) is 5.87. The third-order valence-corrected chi connectivity index (χ3v) is 6.88. The molecule has 2 heterocycles. The Bertz CT molecular complexity index is 1490. The minimum atomic E-state index is -5.01. The Kier molecular flexibility index (Phi) is 10.6. The number of carbonyl (C=O) groups excluding carboxylic acids is 2. The number of likely N-dealkylation sites (N-methyl/N-ethyl adjacent to an activating group) is 1. The molecule has 1 aromatic heterocycles. The van der Waals surface area contributed by atoms with Gasteiger partial charge in [0, 0.05) is 24.0 Å². The molecule has 1 fully saturated rings. The Hall–Kier alpha value is -4.37. The number of thiazole rings is 1. The number of carboxylic acid groups (broad SMARTS) is 1. The summed E-state index contributed by atoms with van der Waals surface area (Å²) in [5, 5.41) is 31.4. The van der Waals surface area contributed by atoms with Gasteiger partial charge in [-0.2, -0.15) is 13.5 Å². The van der Waals surface area contributed by atoms with Crippen LogP contribution in [0.4, 0.5) is 5.13 Å². The van der Waals surface area contributed by atoms with E-state index in [0.29, 0.717) is 23.7 Å². The smallest absolute Gasteiger partial charge is 0.418 e. The number of nitrogen functional groups attached to an aromatic ring is 1. The number of nitrogens with zero attached hydrogens (tertiary/aromatic N) is 3. The summed E-state index contributed by atoms with van der Waals surface area (Å²) in [6, 6.07) is 4.97. The number of hydrogen-bond acceptors (Lipinski definition) is 14. The number of aromatic nitrogens is 1. The van der Waals surface area contributed by atoms with Crippen molar-refractivity contribution in [2.45, 2.75) is 31.5 Å². The quantitative estimate of drug-likeness (QED) is 0.0305. The Morgan fingerprint density at radius 2 is 1.95 bits per heavy atom. The fourth-order valence-electron chi connectivity index (χ4n) is 3.59. The van der Waals surface area contributed by atoms with E-state index in [1.165, 1.54) is 31.4 Å². The van der Waals surface area contributed by atoms with E-state index in [9.17, 15) is 27.9 Å². The van der Waals surface area contributed by atoms with Crippen LogP contribution in [-0.2, 0) is 33.9 Å². The lowest BCUT2D eigenvalue weighted by Gasteiger charge is -2.50. The zero-order chi connectivity index (χ0) is 31.9. The molecule has 20 heteroatoms. The van der Waals surface area contributed by atoms with Gasteiger partial charge in [-0.1, -0.05) is 5.16 Å². The maximum absolute atomic E-state index is 13.1. The zero-order valence-corrected chi connectivity index (χ0v) is 24.7. The van der Waals surface area contributed by atoms with Gasteiger partial charge in [0.2, 0.25) is 0 Å². The molecule has 2 aromatic rings. The monoisotopic (exact) mass is 642 g/mol. The van der Waals surface area contributed by atoms with Crippen LogP contribution in [-0.4, -0.2) is 102 Å². The number of rotatable bonds is 15. The SMILES string of the molecule is CNCCNC(=N)c1ccc(OC[C@H](ON=C(C(=O)N[C@@H]2C(=O)N(OS(=O)(=O)O)C2(C)C)c2csc(N)n2)C(=O)O)cc1. The lowest BCUT2D eigenvalue weighted by molar-refractivity contribution is -0.218. The number of aliphatic carboxylic acids is 1. The molecule has 43 heavy (non-hydrogen) atoms. The first-order valence-electron chi connectivity index (χ1n) is 12.3. The second-order valence-electron chi connectivity index (χ2n) is 9.38. The number of amidine groups is 1. The number of nitrogens with one attached hydrogen (secondary N) is 4. The summed E-state index contributed by atoms with van der Waals surface area (Å²) in [5.74, 6) is -3.03. The van der Waals surface area contributed by atoms with E-state index in [4.69, 9.17) is 25.3 Å². The normalized spacial score (nSPS) is 17.0. The zero-order valence-electron chi connectivity index (χ0n) is 23.1. The second kappa shape index (κ2) is 13.7. The molecule has 2 atom stereocenters. The van der Waals surface area contributed by atoms with Gasteiger partial charge in [0.15, 0.2) is 10.8 Å². The number of oxime groups is 1. The highest BCUT2D eigenvalue weighted by molar-refractivity contribution is 7.80. The number of nitrogens with two attached hydrogens (primary N) is 1. The van der Waals surface area contributed by atoms with E-state index < -0.39 is 58.2 Å². The number of carboxylic acids is 1. The number of hydrogen-bond donors (Lipinski definition) is 7. The lowest BCUT2D eigenvalue weighted by Crippen LogP contribution is -2.76. The van der Waals surface area contributed by atoms with Crippen molar-refractivity contribution >= 4 is 56.2 Å². The minimum absolute atomic E-state index is 0.0511. The molecule has 1 aromatic carbocycles. The van der Waals surface area contributed by atoms with Crippen molar-refractivity contribution in [1.29, 1.82) is 5.41 Å². The van der Waals surface area contributed by atoms with Crippen LogP contribution in [0.15, 0.2) is 34.8 Å². The number of carbonyl (C=O) groups is 3. The number of anilines is 1. The molecular weight excluding hydrogens is 612 g/mol. The van der Waals surface area contributed by atoms with Gasteiger partial charge in [0.05, 0.1) is 5.54 Å². The fourth-order valence-corrected chi connectivity index (χ4v) is 4.59. The van der Waals surface area contributed by atoms with E-state index >= 15 is 0 Å². The number of ether oxygens (including phenoxy) is 1. The van der Waals surface area contributed by atoms with Gasteiger partial charge < -0.3 is 36.4 Å². The highest BCUT2D eigenvalue weighted by atomic mass is 32.3. The van der Waals surface area contributed by atoms with Gasteiger partial charge >= 0.3 is 16.4 Å².